The minimum Gasteiger partial charge on any atom is -0.618 e. The molecule has 9 heteroatoms. The van der Waals surface area contributed by atoms with Gasteiger partial charge in [0.05, 0.1) is 10.5 Å². The zero-order valence-corrected chi connectivity index (χ0v) is 13.0. The molecule has 0 spiro atoms. The van der Waals surface area contributed by atoms with Crippen LogP contribution in [0.3, 0.4) is 0 Å². The molecule has 0 atom stereocenters. The molecule has 0 fully saturated rings. The molecule has 0 bridgehead atoms. The molecule has 0 aliphatic heterocycles. The molecule has 2 rings (SSSR count). The van der Waals surface area contributed by atoms with Crippen molar-refractivity contribution in [2.24, 2.45) is 0 Å². The van der Waals surface area contributed by atoms with Crippen molar-refractivity contribution in [2.75, 3.05) is 0 Å². The lowest BCUT2D eigenvalue weighted by Crippen LogP contribution is -2.30. The summed E-state index contributed by atoms with van der Waals surface area (Å²) in [5.41, 5.74) is 0.790. The smallest absolute Gasteiger partial charge is 0.372 e. The molecule has 23 heavy (non-hydrogen) atoms. The van der Waals surface area contributed by atoms with E-state index in [0.29, 0.717) is 15.3 Å². The third kappa shape index (κ3) is 5.20. The number of nitro groups is 1. The molecule has 1 aromatic heterocycles. The zero-order chi connectivity index (χ0) is 17.6. The number of aryl methyl sites for hydroxylation is 1. The molecular formula is C14H13ClN2O6. The topological polar surface area (TPSA) is 117 Å². The summed E-state index contributed by atoms with van der Waals surface area (Å²) in [6.45, 7) is 3.06. The van der Waals surface area contributed by atoms with Gasteiger partial charge in [-0.3, -0.25) is 15.0 Å². The number of nitrogens with zero attached hydrogens (tertiary/aromatic N) is 2. The second-order valence-corrected chi connectivity index (χ2v) is 4.90. The van der Waals surface area contributed by atoms with E-state index < -0.39 is 10.9 Å². The molecular weight excluding hydrogens is 328 g/mol. The van der Waals surface area contributed by atoms with Crippen LogP contribution in [0.25, 0.3) is 0 Å². The standard InChI is InChI=1S/C7H5ClO3.C7H8N2O3/c8-6-3-1-2-5(4-6)7(9)11-10;1-5-3-7(9(11)12)6(2)8(10)4-5/h1-4,10H;3-4H,1-2H3. The number of hydrogen-bond donors (Lipinski definition) is 1. The number of rotatable bonds is 2. The average molecular weight is 341 g/mol. The van der Waals surface area contributed by atoms with Gasteiger partial charge in [0.25, 0.3) is 5.69 Å². The van der Waals surface area contributed by atoms with Gasteiger partial charge in [-0.2, -0.15) is 9.99 Å². The van der Waals surface area contributed by atoms with Crippen LogP contribution in [0.2, 0.25) is 5.02 Å². The first kappa shape index (κ1) is 18.3. The lowest BCUT2D eigenvalue weighted by Gasteiger charge is -2.01. The Hall–Kier alpha value is -2.71. The van der Waals surface area contributed by atoms with Crippen LogP contribution in [0.4, 0.5) is 5.69 Å². The Balaban J connectivity index is 0.000000231. The van der Waals surface area contributed by atoms with Gasteiger partial charge in [0.15, 0.2) is 6.20 Å². The molecule has 0 saturated carbocycles. The van der Waals surface area contributed by atoms with Gasteiger partial charge in [-0.05, 0) is 25.1 Å². The molecule has 0 aliphatic rings. The van der Waals surface area contributed by atoms with Crippen LogP contribution in [0, 0.1) is 29.2 Å². The van der Waals surface area contributed by atoms with Crippen molar-refractivity contribution in [3.8, 4) is 0 Å². The van der Waals surface area contributed by atoms with Gasteiger partial charge in [-0.15, -0.1) is 0 Å². The Bertz CT molecular complexity index is 735. The number of halogens is 1. The summed E-state index contributed by atoms with van der Waals surface area (Å²) in [5, 5.41) is 29.8. The van der Waals surface area contributed by atoms with E-state index >= 15 is 0 Å². The van der Waals surface area contributed by atoms with Crippen molar-refractivity contribution >= 4 is 23.3 Å². The molecule has 0 saturated heterocycles. The van der Waals surface area contributed by atoms with Gasteiger partial charge in [0.1, 0.15) is 0 Å². The minimum atomic E-state index is -0.813. The SMILES string of the molecule is Cc1cc([N+](=O)[O-])c(C)[n+]([O-])c1.O=C(OO)c1cccc(Cl)c1. The minimum absolute atomic E-state index is 0.116. The highest BCUT2D eigenvalue weighted by atomic mass is 35.5. The predicted octanol–water partition coefficient (Wildman–Crippen LogP) is 2.81. The van der Waals surface area contributed by atoms with Gasteiger partial charge >= 0.3 is 11.7 Å². The summed E-state index contributed by atoms with van der Waals surface area (Å²) in [7, 11) is 0. The van der Waals surface area contributed by atoms with Crippen molar-refractivity contribution in [2.45, 2.75) is 13.8 Å². The van der Waals surface area contributed by atoms with Crippen LogP contribution in [0.15, 0.2) is 36.5 Å². The van der Waals surface area contributed by atoms with E-state index in [1.54, 1.807) is 19.1 Å². The maximum absolute atomic E-state index is 11.0. The highest BCUT2D eigenvalue weighted by Crippen LogP contribution is 2.14. The van der Waals surface area contributed by atoms with Gasteiger partial charge in [0, 0.05) is 23.6 Å². The second-order valence-electron chi connectivity index (χ2n) is 4.46. The van der Waals surface area contributed by atoms with Crippen LogP contribution >= 0.6 is 11.6 Å². The summed E-state index contributed by atoms with van der Waals surface area (Å²) in [6.07, 6.45) is 1.31. The number of hydrogen-bond acceptors (Lipinski definition) is 6. The van der Waals surface area contributed by atoms with Crippen LogP contribution < -0.4 is 4.73 Å². The Labute approximate surface area is 136 Å². The fraction of sp³-hybridized carbons (Fsp3) is 0.143. The van der Waals surface area contributed by atoms with E-state index in [2.05, 4.69) is 4.89 Å². The Kier molecular flexibility index (Phi) is 6.43. The molecule has 122 valence electrons. The van der Waals surface area contributed by atoms with Crippen LogP contribution in [0.5, 0.6) is 0 Å². The largest absolute Gasteiger partial charge is 0.618 e. The normalized spacial score (nSPS) is 9.57. The van der Waals surface area contributed by atoms with Gasteiger partial charge in [-0.1, -0.05) is 17.7 Å². The zero-order valence-electron chi connectivity index (χ0n) is 12.2. The molecule has 0 amide bonds. The Morgan fingerprint density at radius 1 is 1.35 bits per heavy atom. The molecule has 0 radical (unpaired) electrons. The lowest BCUT2D eigenvalue weighted by molar-refractivity contribution is -0.617. The fourth-order valence-corrected chi connectivity index (χ4v) is 1.80. The molecule has 0 aliphatic carbocycles. The van der Waals surface area contributed by atoms with E-state index in [4.69, 9.17) is 16.9 Å². The summed E-state index contributed by atoms with van der Waals surface area (Å²) in [5.74, 6) is -0.813. The first-order valence-corrected chi connectivity index (χ1v) is 6.60. The van der Waals surface area contributed by atoms with E-state index in [-0.39, 0.29) is 16.9 Å². The highest BCUT2D eigenvalue weighted by molar-refractivity contribution is 6.30. The Morgan fingerprint density at radius 2 is 2.00 bits per heavy atom. The predicted molar refractivity (Wildman–Crippen MR) is 81.0 cm³/mol. The molecule has 1 aromatic carbocycles. The summed E-state index contributed by atoms with van der Waals surface area (Å²) in [4.78, 5) is 23.9. The molecule has 1 heterocycles. The van der Waals surface area contributed by atoms with Crippen molar-refractivity contribution in [3.63, 3.8) is 0 Å². The summed E-state index contributed by atoms with van der Waals surface area (Å²) < 4.78 is 0.507. The van der Waals surface area contributed by atoms with Crippen molar-refractivity contribution in [1.82, 2.24) is 0 Å². The van der Waals surface area contributed by atoms with Crippen LogP contribution in [0.1, 0.15) is 21.6 Å². The maximum Gasteiger partial charge on any atom is 0.372 e. The van der Waals surface area contributed by atoms with Gasteiger partial charge in [0.2, 0.25) is 0 Å². The first-order chi connectivity index (χ1) is 10.8. The highest BCUT2D eigenvalue weighted by Gasteiger charge is 2.18. The molecule has 1 N–H and O–H groups in total. The first-order valence-electron chi connectivity index (χ1n) is 6.22. The van der Waals surface area contributed by atoms with E-state index in [0.717, 1.165) is 0 Å². The van der Waals surface area contributed by atoms with Gasteiger partial charge < -0.3 is 5.21 Å². The summed E-state index contributed by atoms with van der Waals surface area (Å²) in [6, 6.07) is 7.48. The number of pyridine rings is 1. The lowest BCUT2D eigenvalue weighted by atomic mass is 10.2. The summed E-state index contributed by atoms with van der Waals surface area (Å²) >= 11 is 5.56. The third-order valence-corrected chi connectivity index (χ3v) is 2.96. The van der Waals surface area contributed by atoms with Crippen molar-refractivity contribution < 1.29 is 24.6 Å². The average Bonchev–Trinajstić information content (AvgIpc) is 2.50. The number of carbonyl (C=O) groups is 1. The monoisotopic (exact) mass is 340 g/mol. The fourth-order valence-electron chi connectivity index (χ4n) is 1.61. The number of benzene rings is 1. The van der Waals surface area contributed by atoms with Crippen LogP contribution in [-0.4, -0.2) is 16.1 Å². The van der Waals surface area contributed by atoms with Crippen LogP contribution in [-0.2, 0) is 4.89 Å². The maximum atomic E-state index is 11.0. The van der Waals surface area contributed by atoms with E-state index in [1.165, 1.54) is 31.3 Å². The number of carbonyl (C=O) groups excluding carboxylic acids is 1. The quantitative estimate of drug-likeness (QED) is 0.295. The van der Waals surface area contributed by atoms with Crippen molar-refractivity contribution in [1.29, 1.82) is 0 Å². The van der Waals surface area contributed by atoms with Crippen molar-refractivity contribution in [3.05, 3.63) is 73.7 Å². The molecule has 2 aromatic rings. The second kappa shape index (κ2) is 8.06. The Morgan fingerprint density at radius 3 is 2.52 bits per heavy atom. The molecule has 0 unspecified atom stereocenters. The number of aromatic nitrogens is 1. The van der Waals surface area contributed by atoms with Gasteiger partial charge in [-0.25, -0.2) is 4.79 Å². The third-order valence-electron chi connectivity index (χ3n) is 2.73. The van der Waals surface area contributed by atoms with E-state index in [9.17, 15) is 20.1 Å². The molecule has 8 nitrogen and oxygen atoms in total. The van der Waals surface area contributed by atoms with E-state index in [1.807, 2.05) is 0 Å².